The highest BCUT2D eigenvalue weighted by Crippen LogP contribution is 2.22. The van der Waals surface area contributed by atoms with Gasteiger partial charge in [-0.2, -0.15) is 5.10 Å². The smallest absolute Gasteiger partial charge is 0.271 e. The second-order valence-electron chi connectivity index (χ2n) is 6.63. The van der Waals surface area contributed by atoms with Gasteiger partial charge in [-0.15, -0.1) is 0 Å². The van der Waals surface area contributed by atoms with E-state index in [-0.39, 0.29) is 28.4 Å². The van der Waals surface area contributed by atoms with Crippen molar-refractivity contribution in [2.24, 2.45) is 5.10 Å². The zero-order chi connectivity index (χ0) is 23.3. The maximum Gasteiger partial charge on any atom is 0.271 e. The van der Waals surface area contributed by atoms with Crippen LogP contribution in [0, 0.1) is 6.92 Å². The Morgan fingerprint density at radius 3 is 2.62 bits per heavy atom. The zero-order valence-electron chi connectivity index (χ0n) is 16.8. The zero-order valence-corrected chi connectivity index (χ0v) is 18.4. The molecule has 3 rings (SSSR count). The summed E-state index contributed by atoms with van der Waals surface area (Å²) in [4.78, 5) is 16.3. The first-order valence-electron chi connectivity index (χ1n) is 9.21. The largest absolute Gasteiger partial charge is 0.505 e. The molecule has 166 valence electrons. The Bertz CT molecular complexity index is 1280. The van der Waals surface area contributed by atoms with Gasteiger partial charge in [-0.25, -0.2) is 13.8 Å². The first-order chi connectivity index (χ1) is 15.2. The normalized spacial score (nSPS) is 11.5. The molecule has 11 heteroatoms. The molecular formula is C21H19ClN4O5S. The lowest BCUT2D eigenvalue weighted by Gasteiger charge is -2.09. The van der Waals surface area contributed by atoms with Crippen molar-refractivity contribution in [3.8, 4) is 5.75 Å². The molecule has 0 spiro atoms. The molecule has 9 nitrogen and oxygen atoms in total. The molecule has 0 aliphatic carbocycles. The number of amides is 1. The Kier molecular flexibility index (Phi) is 7.08. The molecule has 0 atom stereocenters. The van der Waals surface area contributed by atoms with Gasteiger partial charge in [0.2, 0.25) is 0 Å². The van der Waals surface area contributed by atoms with E-state index < -0.39 is 15.9 Å². The van der Waals surface area contributed by atoms with Crippen molar-refractivity contribution in [3.63, 3.8) is 0 Å². The molecule has 3 aromatic rings. The number of aromatic hydroxyl groups is 1. The molecule has 0 bridgehead atoms. The average Bonchev–Trinajstić information content (AvgIpc) is 2.78. The predicted molar refractivity (Wildman–Crippen MR) is 120 cm³/mol. The quantitative estimate of drug-likeness (QED) is 0.306. The average molecular weight is 475 g/mol. The van der Waals surface area contributed by atoms with Crippen molar-refractivity contribution in [3.05, 3.63) is 82.1 Å². The summed E-state index contributed by atoms with van der Waals surface area (Å²) >= 11 is 5.81. The topological polar surface area (TPSA) is 141 Å². The molecule has 1 amide bonds. The molecule has 1 heterocycles. The Morgan fingerprint density at radius 2 is 1.94 bits per heavy atom. The highest BCUT2D eigenvalue weighted by molar-refractivity contribution is 7.92. The van der Waals surface area contributed by atoms with E-state index >= 15 is 0 Å². The fourth-order valence-corrected chi connectivity index (χ4v) is 3.91. The monoisotopic (exact) mass is 474 g/mol. The molecule has 32 heavy (non-hydrogen) atoms. The van der Waals surface area contributed by atoms with Crippen LogP contribution >= 0.6 is 11.6 Å². The first kappa shape index (κ1) is 23.2. The van der Waals surface area contributed by atoms with Gasteiger partial charge in [0, 0.05) is 33.6 Å². The van der Waals surface area contributed by atoms with E-state index in [4.69, 9.17) is 11.6 Å². The van der Waals surface area contributed by atoms with Gasteiger partial charge in [0.1, 0.15) is 5.75 Å². The van der Waals surface area contributed by atoms with Crippen molar-refractivity contribution in [2.45, 2.75) is 18.4 Å². The van der Waals surface area contributed by atoms with Crippen molar-refractivity contribution in [1.82, 2.24) is 10.4 Å². The minimum atomic E-state index is -3.94. The Balaban J connectivity index is 1.76. The number of nitrogens with one attached hydrogen (secondary N) is 2. The number of carbonyl (C=O) groups is 1. The SMILES string of the molecule is Cc1ncc(CO)c(C=NNC(=O)c2cccc(S(=O)(=O)Nc3ccc(Cl)cc3)c2)c1O. The van der Waals surface area contributed by atoms with Crippen LogP contribution in [0.4, 0.5) is 5.69 Å². The van der Waals surface area contributed by atoms with Crippen LogP contribution in [0.5, 0.6) is 5.75 Å². The molecular weight excluding hydrogens is 456 g/mol. The van der Waals surface area contributed by atoms with Gasteiger partial charge in [-0.05, 0) is 49.4 Å². The summed E-state index contributed by atoms with van der Waals surface area (Å²) < 4.78 is 27.7. The van der Waals surface area contributed by atoms with Crippen LogP contribution in [0.3, 0.4) is 0 Å². The van der Waals surface area contributed by atoms with E-state index in [0.717, 1.165) is 0 Å². The van der Waals surface area contributed by atoms with E-state index in [9.17, 15) is 23.4 Å². The molecule has 2 aromatic carbocycles. The molecule has 0 unspecified atom stereocenters. The van der Waals surface area contributed by atoms with E-state index in [1.807, 2.05) is 0 Å². The summed E-state index contributed by atoms with van der Waals surface area (Å²) in [6, 6.07) is 11.5. The number of rotatable bonds is 7. The molecule has 0 fully saturated rings. The lowest BCUT2D eigenvalue weighted by molar-refractivity contribution is 0.0955. The first-order valence-corrected chi connectivity index (χ1v) is 11.1. The number of aliphatic hydroxyl groups excluding tert-OH is 1. The van der Waals surface area contributed by atoms with Crippen LogP contribution in [-0.4, -0.2) is 35.7 Å². The van der Waals surface area contributed by atoms with Gasteiger partial charge in [-0.1, -0.05) is 17.7 Å². The Morgan fingerprint density at radius 1 is 1.22 bits per heavy atom. The number of hydrogen-bond donors (Lipinski definition) is 4. The fraction of sp³-hybridized carbons (Fsp3) is 0.0952. The van der Waals surface area contributed by atoms with Crippen molar-refractivity contribution in [2.75, 3.05) is 4.72 Å². The maximum atomic E-state index is 12.6. The predicted octanol–water partition coefficient (Wildman–Crippen LogP) is 2.81. The number of benzene rings is 2. The van der Waals surface area contributed by atoms with Crippen LogP contribution in [0.25, 0.3) is 0 Å². The van der Waals surface area contributed by atoms with E-state index in [1.54, 1.807) is 19.1 Å². The highest BCUT2D eigenvalue weighted by atomic mass is 35.5. The second kappa shape index (κ2) is 9.77. The summed E-state index contributed by atoms with van der Waals surface area (Å²) in [5.74, 6) is -0.837. The van der Waals surface area contributed by atoms with Gasteiger partial charge in [0.25, 0.3) is 15.9 Å². The number of aliphatic hydroxyl groups is 1. The van der Waals surface area contributed by atoms with E-state index in [0.29, 0.717) is 22.0 Å². The third-order valence-electron chi connectivity index (χ3n) is 4.39. The summed E-state index contributed by atoms with van der Waals surface area (Å²) in [5.41, 5.74) is 3.51. The molecule has 0 radical (unpaired) electrons. The van der Waals surface area contributed by atoms with E-state index in [1.165, 1.54) is 48.8 Å². The number of nitrogens with zero attached hydrogens (tertiary/aromatic N) is 2. The van der Waals surface area contributed by atoms with Crippen LogP contribution in [0.2, 0.25) is 5.02 Å². The number of sulfonamides is 1. The summed E-state index contributed by atoms with van der Waals surface area (Å²) in [6.07, 6.45) is 2.57. The van der Waals surface area contributed by atoms with Gasteiger partial charge in [0.05, 0.1) is 23.4 Å². The number of hydrazone groups is 1. The Labute approximate surface area is 189 Å². The van der Waals surface area contributed by atoms with Crippen LogP contribution < -0.4 is 10.1 Å². The third-order valence-corrected chi connectivity index (χ3v) is 6.02. The summed E-state index contributed by atoms with van der Waals surface area (Å²) in [7, 11) is -3.94. The molecule has 0 aliphatic heterocycles. The van der Waals surface area contributed by atoms with Crippen molar-refractivity contribution >= 4 is 39.4 Å². The lowest BCUT2D eigenvalue weighted by atomic mass is 10.1. The van der Waals surface area contributed by atoms with Crippen LogP contribution in [-0.2, 0) is 16.6 Å². The molecule has 1 aromatic heterocycles. The van der Waals surface area contributed by atoms with Crippen LogP contribution in [0.15, 0.2) is 64.7 Å². The lowest BCUT2D eigenvalue weighted by Crippen LogP contribution is -2.19. The van der Waals surface area contributed by atoms with Gasteiger partial charge < -0.3 is 10.2 Å². The minimum Gasteiger partial charge on any atom is -0.505 e. The summed E-state index contributed by atoms with van der Waals surface area (Å²) in [5, 5.41) is 23.7. The molecule has 4 N–H and O–H groups in total. The number of carbonyl (C=O) groups excluding carboxylic acids is 1. The number of halogens is 1. The maximum absolute atomic E-state index is 12.6. The molecule has 0 aliphatic rings. The standard InChI is InChI=1S/C21H19ClN4O5S/c1-13-20(28)19(15(12-27)10-23-13)11-24-25-21(29)14-3-2-4-18(9-14)32(30,31)26-17-7-5-16(22)6-8-17/h2-11,26-28H,12H2,1H3,(H,25,29). The molecule has 0 saturated heterocycles. The van der Waals surface area contributed by atoms with Crippen molar-refractivity contribution < 1.29 is 23.4 Å². The third kappa shape index (κ3) is 5.41. The number of pyridine rings is 1. The number of aryl methyl sites for hydroxylation is 1. The van der Waals surface area contributed by atoms with Crippen LogP contribution in [0.1, 0.15) is 27.2 Å². The van der Waals surface area contributed by atoms with Gasteiger partial charge in [0.15, 0.2) is 0 Å². The summed E-state index contributed by atoms with van der Waals surface area (Å²) in [6.45, 7) is 1.20. The van der Waals surface area contributed by atoms with Gasteiger partial charge in [-0.3, -0.25) is 14.5 Å². The number of hydrogen-bond acceptors (Lipinski definition) is 7. The number of aromatic nitrogens is 1. The minimum absolute atomic E-state index is 0.0543. The Hall–Kier alpha value is -3.47. The second-order valence-corrected chi connectivity index (χ2v) is 8.75. The molecule has 0 saturated carbocycles. The van der Waals surface area contributed by atoms with Gasteiger partial charge >= 0.3 is 0 Å². The van der Waals surface area contributed by atoms with E-state index in [2.05, 4.69) is 20.2 Å². The number of anilines is 1. The van der Waals surface area contributed by atoms with Crippen molar-refractivity contribution in [1.29, 1.82) is 0 Å². The highest BCUT2D eigenvalue weighted by Gasteiger charge is 2.17. The fourth-order valence-electron chi connectivity index (χ4n) is 2.68.